The van der Waals surface area contributed by atoms with Gasteiger partial charge in [0, 0.05) is 12.1 Å². The molecule has 0 bridgehead atoms. The maximum atomic E-state index is 13.6. The van der Waals surface area contributed by atoms with E-state index in [0.717, 1.165) is 22.8 Å². The van der Waals surface area contributed by atoms with Crippen molar-refractivity contribution in [3.05, 3.63) is 64.1 Å². The van der Waals surface area contributed by atoms with E-state index in [-0.39, 0.29) is 11.4 Å². The van der Waals surface area contributed by atoms with Crippen molar-refractivity contribution in [2.24, 2.45) is 0 Å². The van der Waals surface area contributed by atoms with Crippen LogP contribution in [0.3, 0.4) is 0 Å². The van der Waals surface area contributed by atoms with E-state index in [1.807, 2.05) is 0 Å². The van der Waals surface area contributed by atoms with Crippen molar-refractivity contribution < 1.29 is 13.6 Å². The number of amides is 1. The fourth-order valence-corrected chi connectivity index (χ4v) is 2.14. The molecule has 5 nitrogen and oxygen atoms in total. The molecular weight excluding hydrogens is 292 g/mol. The summed E-state index contributed by atoms with van der Waals surface area (Å²) in [5, 5.41) is 6.21. The monoisotopic (exact) mass is 302 g/mol. The average molecular weight is 302 g/mol. The molecule has 111 valence electrons. The van der Waals surface area contributed by atoms with Crippen LogP contribution in [0.1, 0.15) is 5.56 Å². The summed E-state index contributed by atoms with van der Waals surface area (Å²) in [5.41, 5.74) is -0.0632. The molecule has 1 aliphatic rings. The van der Waals surface area contributed by atoms with Gasteiger partial charge in [-0.3, -0.25) is 14.2 Å². The van der Waals surface area contributed by atoms with Gasteiger partial charge in [-0.1, -0.05) is 0 Å². The van der Waals surface area contributed by atoms with Gasteiger partial charge in [0.05, 0.1) is 11.9 Å². The molecule has 2 heterocycles. The molecule has 0 spiro atoms. The zero-order valence-corrected chi connectivity index (χ0v) is 11.4. The van der Waals surface area contributed by atoms with Crippen molar-refractivity contribution in [2.45, 2.75) is 6.92 Å². The smallest absolute Gasteiger partial charge is 0.274 e. The van der Waals surface area contributed by atoms with E-state index in [2.05, 4.69) is 10.6 Å². The minimum absolute atomic E-state index is 0.0522. The maximum absolute atomic E-state index is 13.6. The van der Waals surface area contributed by atoms with Gasteiger partial charge in [0.25, 0.3) is 11.5 Å². The summed E-state index contributed by atoms with van der Waals surface area (Å²) >= 11 is 0. The summed E-state index contributed by atoms with van der Waals surface area (Å²) in [7, 11) is 0. The summed E-state index contributed by atoms with van der Waals surface area (Å²) < 4.78 is 27.8. The first-order valence-electron chi connectivity index (χ1n) is 6.37. The average Bonchev–Trinajstić information content (AvgIpc) is 2.87. The van der Waals surface area contributed by atoms with Gasteiger partial charge >= 0.3 is 0 Å². The molecule has 1 N–H and O–H groups in total. The molecule has 7 heteroatoms. The zero-order valence-electron chi connectivity index (χ0n) is 11.4. The Morgan fingerprint density at radius 2 is 2.00 bits per heavy atom. The van der Waals surface area contributed by atoms with Crippen LogP contribution in [-0.4, -0.2) is 10.5 Å². The number of aromatic nitrogens is 1. The van der Waals surface area contributed by atoms with E-state index in [9.17, 15) is 18.4 Å². The SMILES string of the molecule is Cc1cc2n(c(=O)c1)C(C(=O)Nc1cc(F)ccc1F)=C[N]2. The lowest BCUT2D eigenvalue weighted by atomic mass is 10.2. The standard InChI is InChI=1S/C15H10F2N3O2/c1-8-4-13-18-7-12(20(13)14(21)5-8)15(22)19-11-6-9(16)2-3-10(11)17/h2-7H,1H3,(H,19,22). The molecular formula is C15H10F2N3O2. The molecule has 2 aromatic rings. The summed E-state index contributed by atoms with van der Waals surface area (Å²) in [6.07, 6.45) is 1.21. The Morgan fingerprint density at radius 3 is 2.77 bits per heavy atom. The Bertz CT molecular complexity index is 872. The van der Waals surface area contributed by atoms with E-state index in [0.29, 0.717) is 11.4 Å². The largest absolute Gasteiger partial charge is 0.318 e. The predicted octanol–water partition coefficient (Wildman–Crippen LogP) is 2.12. The van der Waals surface area contributed by atoms with Crippen molar-refractivity contribution in [2.75, 3.05) is 5.32 Å². The summed E-state index contributed by atoms with van der Waals surface area (Å²) in [6.45, 7) is 1.73. The van der Waals surface area contributed by atoms with Gasteiger partial charge < -0.3 is 5.32 Å². The minimum Gasteiger partial charge on any atom is -0.318 e. The first-order valence-corrected chi connectivity index (χ1v) is 6.37. The molecule has 0 saturated heterocycles. The van der Waals surface area contributed by atoms with Crippen molar-refractivity contribution >= 4 is 23.1 Å². The van der Waals surface area contributed by atoms with Crippen LogP contribution in [-0.2, 0) is 4.79 Å². The topological polar surface area (TPSA) is 65.2 Å². The first kappa shape index (κ1) is 14.0. The Balaban J connectivity index is 1.93. The number of rotatable bonds is 2. The van der Waals surface area contributed by atoms with E-state index < -0.39 is 23.1 Å². The second kappa shape index (κ2) is 5.10. The van der Waals surface area contributed by atoms with Crippen LogP contribution >= 0.6 is 0 Å². The molecule has 0 fully saturated rings. The van der Waals surface area contributed by atoms with Gasteiger partial charge in [-0.05, 0) is 30.7 Å². The predicted molar refractivity (Wildman–Crippen MR) is 76.5 cm³/mol. The molecule has 1 radical (unpaired) electrons. The van der Waals surface area contributed by atoms with Crippen LogP contribution < -0.4 is 16.2 Å². The lowest BCUT2D eigenvalue weighted by Crippen LogP contribution is -2.25. The van der Waals surface area contributed by atoms with Crippen LogP contribution in [0.2, 0.25) is 0 Å². The molecule has 1 amide bonds. The number of hydrogen-bond acceptors (Lipinski definition) is 2. The molecule has 1 aromatic heterocycles. The van der Waals surface area contributed by atoms with Gasteiger partial charge in [-0.2, -0.15) is 0 Å². The van der Waals surface area contributed by atoms with Crippen LogP contribution in [0, 0.1) is 18.6 Å². The molecule has 3 rings (SSSR count). The number of nitrogens with one attached hydrogen (secondary N) is 1. The highest BCUT2D eigenvalue weighted by Crippen LogP contribution is 2.22. The molecule has 0 aliphatic carbocycles. The highest BCUT2D eigenvalue weighted by atomic mass is 19.1. The summed E-state index contributed by atoms with van der Waals surface area (Å²) in [4.78, 5) is 24.2. The maximum Gasteiger partial charge on any atom is 0.274 e. The number of nitrogens with zero attached hydrogens (tertiary/aromatic N) is 2. The number of benzene rings is 1. The number of aryl methyl sites for hydroxylation is 1. The molecule has 22 heavy (non-hydrogen) atoms. The second-order valence-electron chi connectivity index (χ2n) is 4.79. The van der Waals surface area contributed by atoms with Gasteiger partial charge in [0.15, 0.2) is 0 Å². The lowest BCUT2D eigenvalue weighted by molar-refractivity contribution is -0.111. The van der Waals surface area contributed by atoms with Gasteiger partial charge in [-0.15, -0.1) is 0 Å². The van der Waals surface area contributed by atoms with Crippen LogP contribution in [0.5, 0.6) is 0 Å². The van der Waals surface area contributed by atoms with Gasteiger partial charge in [0.2, 0.25) is 0 Å². The lowest BCUT2D eigenvalue weighted by Gasteiger charge is -2.09. The number of hydrogen-bond donors (Lipinski definition) is 1. The Morgan fingerprint density at radius 1 is 1.23 bits per heavy atom. The van der Waals surface area contributed by atoms with Crippen molar-refractivity contribution in [3.63, 3.8) is 0 Å². The second-order valence-corrected chi connectivity index (χ2v) is 4.79. The van der Waals surface area contributed by atoms with E-state index in [4.69, 9.17) is 0 Å². The summed E-state index contributed by atoms with van der Waals surface area (Å²) in [5.74, 6) is -1.90. The zero-order chi connectivity index (χ0) is 15.9. The molecule has 0 saturated carbocycles. The number of halogens is 2. The van der Waals surface area contributed by atoms with Gasteiger partial charge in [-0.25, -0.2) is 14.1 Å². The number of carbonyl (C=O) groups is 1. The quantitative estimate of drug-likeness (QED) is 0.923. The Labute approximate surface area is 123 Å². The molecule has 1 aromatic carbocycles. The van der Waals surface area contributed by atoms with Crippen LogP contribution in [0.15, 0.2) is 41.3 Å². The van der Waals surface area contributed by atoms with Crippen molar-refractivity contribution in [3.8, 4) is 0 Å². The third kappa shape index (κ3) is 2.37. The minimum atomic E-state index is -0.776. The fourth-order valence-electron chi connectivity index (χ4n) is 2.14. The third-order valence-corrected chi connectivity index (χ3v) is 3.13. The normalized spacial score (nSPS) is 12.4. The van der Waals surface area contributed by atoms with Crippen molar-refractivity contribution in [1.82, 2.24) is 9.88 Å². The molecule has 0 atom stereocenters. The number of fused-ring (bicyclic) bond motifs is 1. The highest BCUT2D eigenvalue weighted by Gasteiger charge is 2.23. The van der Waals surface area contributed by atoms with Crippen LogP contribution in [0.25, 0.3) is 5.70 Å². The van der Waals surface area contributed by atoms with E-state index in [1.165, 1.54) is 12.3 Å². The molecule has 0 unspecified atom stereocenters. The first-order chi connectivity index (χ1) is 10.5. The highest BCUT2D eigenvalue weighted by molar-refractivity contribution is 6.21. The fraction of sp³-hybridized carbons (Fsp3) is 0.0667. The van der Waals surface area contributed by atoms with E-state index in [1.54, 1.807) is 13.0 Å². The molecule has 1 aliphatic heterocycles. The Kier molecular flexibility index (Phi) is 3.25. The van der Waals surface area contributed by atoms with Gasteiger partial charge in [0.1, 0.15) is 23.1 Å². The number of anilines is 1. The number of pyridine rings is 1. The summed E-state index contributed by atoms with van der Waals surface area (Å²) in [6, 6.07) is 5.70. The Hall–Kier alpha value is -2.96. The third-order valence-electron chi connectivity index (χ3n) is 3.13. The van der Waals surface area contributed by atoms with Crippen molar-refractivity contribution in [1.29, 1.82) is 0 Å². The van der Waals surface area contributed by atoms with Crippen LogP contribution in [0.4, 0.5) is 20.3 Å². The van der Waals surface area contributed by atoms with E-state index >= 15 is 0 Å². The number of carbonyl (C=O) groups excluding carboxylic acids is 1.